The van der Waals surface area contributed by atoms with E-state index in [9.17, 15) is 9.50 Å². The predicted octanol–water partition coefficient (Wildman–Crippen LogP) is 2.70. The number of aliphatic hydroxyl groups is 1. The molecule has 17 heavy (non-hydrogen) atoms. The molecule has 0 spiro atoms. The van der Waals surface area contributed by atoms with Crippen molar-refractivity contribution < 1.29 is 9.50 Å². The summed E-state index contributed by atoms with van der Waals surface area (Å²) in [5.41, 5.74) is 1.61. The summed E-state index contributed by atoms with van der Waals surface area (Å²) < 4.78 is 13.5. The molecule has 0 amide bonds. The molecule has 0 saturated heterocycles. The highest BCUT2D eigenvalue weighted by Crippen LogP contribution is 2.23. The van der Waals surface area contributed by atoms with Crippen molar-refractivity contribution in [2.24, 2.45) is 0 Å². The second kappa shape index (κ2) is 5.15. The smallest absolute Gasteiger partial charge is 0.126 e. The van der Waals surface area contributed by atoms with Gasteiger partial charge in [-0.25, -0.2) is 4.39 Å². The third-order valence-corrected chi connectivity index (χ3v) is 3.64. The molecule has 3 unspecified atom stereocenters. The lowest BCUT2D eigenvalue weighted by molar-refractivity contribution is 0.144. The minimum atomic E-state index is -0.257. The van der Waals surface area contributed by atoms with Crippen LogP contribution in [-0.2, 0) is 0 Å². The van der Waals surface area contributed by atoms with Crippen LogP contribution in [0.1, 0.15) is 43.4 Å². The molecule has 94 valence electrons. The SMILES string of the molecule is Cc1ccc(C(C)NC2CCCC2O)cc1F. The Labute approximate surface area is 102 Å². The van der Waals surface area contributed by atoms with Gasteiger partial charge in [-0.3, -0.25) is 0 Å². The molecular formula is C14H20FNO. The highest BCUT2D eigenvalue weighted by Gasteiger charge is 2.26. The molecule has 1 aliphatic carbocycles. The average Bonchev–Trinajstić information content (AvgIpc) is 2.68. The summed E-state index contributed by atoms with van der Waals surface area (Å²) in [6.07, 6.45) is 2.67. The molecule has 2 rings (SSSR count). The first-order valence-electron chi connectivity index (χ1n) is 6.28. The number of aliphatic hydroxyl groups excluding tert-OH is 1. The maximum Gasteiger partial charge on any atom is 0.126 e. The standard InChI is InChI=1S/C14H20FNO/c1-9-6-7-11(8-12(9)15)10(2)16-13-4-3-5-14(13)17/h6-8,10,13-14,16-17H,3-5H2,1-2H3. The van der Waals surface area contributed by atoms with Crippen molar-refractivity contribution in [1.82, 2.24) is 5.32 Å². The molecule has 1 aromatic rings. The van der Waals surface area contributed by atoms with Crippen molar-refractivity contribution in [1.29, 1.82) is 0 Å². The van der Waals surface area contributed by atoms with Crippen molar-refractivity contribution in [3.8, 4) is 0 Å². The van der Waals surface area contributed by atoms with Crippen LogP contribution in [-0.4, -0.2) is 17.3 Å². The van der Waals surface area contributed by atoms with Gasteiger partial charge in [-0.2, -0.15) is 0 Å². The number of hydrogen-bond acceptors (Lipinski definition) is 2. The summed E-state index contributed by atoms with van der Waals surface area (Å²) in [5.74, 6) is -0.164. The van der Waals surface area contributed by atoms with Crippen molar-refractivity contribution in [2.45, 2.75) is 51.3 Å². The zero-order valence-electron chi connectivity index (χ0n) is 10.4. The fourth-order valence-electron chi connectivity index (χ4n) is 2.43. The summed E-state index contributed by atoms with van der Waals surface area (Å²) >= 11 is 0. The van der Waals surface area contributed by atoms with Crippen LogP contribution in [0.25, 0.3) is 0 Å². The lowest BCUT2D eigenvalue weighted by Gasteiger charge is -2.22. The molecule has 1 fully saturated rings. The van der Waals surface area contributed by atoms with Gasteiger partial charge in [-0.15, -0.1) is 0 Å². The van der Waals surface area contributed by atoms with Gasteiger partial charge in [0.1, 0.15) is 5.82 Å². The number of aryl methyl sites for hydroxylation is 1. The molecule has 1 aliphatic rings. The van der Waals surface area contributed by atoms with Gasteiger partial charge in [-0.05, 0) is 50.3 Å². The van der Waals surface area contributed by atoms with Crippen molar-refractivity contribution in [2.75, 3.05) is 0 Å². The van der Waals surface area contributed by atoms with Crippen LogP contribution in [0.4, 0.5) is 4.39 Å². The number of nitrogens with one attached hydrogen (secondary N) is 1. The quantitative estimate of drug-likeness (QED) is 0.847. The van der Waals surface area contributed by atoms with Crippen LogP contribution in [0, 0.1) is 12.7 Å². The van der Waals surface area contributed by atoms with E-state index in [4.69, 9.17) is 0 Å². The van der Waals surface area contributed by atoms with Gasteiger partial charge in [0.2, 0.25) is 0 Å². The molecule has 2 nitrogen and oxygen atoms in total. The number of halogens is 1. The third-order valence-electron chi connectivity index (χ3n) is 3.64. The summed E-state index contributed by atoms with van der Waals surface area (Å²) in [5, 5.41) is 13.1. The topological polar surface area (TPSA) is 32.3 Å². The highest BCUT2D eigenvalue weighted by atomic mass is 19.1. The fourth-order valence-corrected chi connectivity index (χ4v) is 2.43. The van der Waals surface area contributed by atoms with Gasteiger partial charge < -0.3 is 10.4 Å². The Kier molecular flexibility index (Phi) is 3.79. The molecule has 0 aromatic heterocycles. The summed E-state index contributed by atoms with van der Waals surface area (Å²) in [7, 11) is 0. The number of hydrogen-bond donors (Lipinski definition) is 2. The maximum atomic E-state index is 13.5. The normalized spacial score (nSPS) is 26.1. The third kappa shape index (κ3) is 2.85. The van der Waals surface area contributed by atoms with E-state index >= 15 is 0 Å². The van der Waals surface area contributed by atoms with Crippen LogP contribution >= 0.6 is 0 Å². The molecule has 3 heteroatoms. The number of benzene rings is 1. The largest absolute Gasteiger partial charge is 0.392 e. The van der Waals surface area contributed by atoms with Crippen molar-refractivity contribution in [3.63, 3.8) is 0 Å². The lowest BCUT2D eigenvalue weighted by Crippen LogP contribution is -2.37. The molecular weight excluding hydrogens is 217 g/mol. The van der Waals surface area contributed by atoms with Crippen molar-refractivity contribution in [3.05, 3.63) is 35.1 Å². The molecule has 1 aromatic carbocycles. The van der Waals surface area contributed by atoms with Gasteiger partial charge in [0, 0.05) is 12.1 Å². The van der Waals surface area contributed by atoms with E-state index in [2.05, 4.69) is 5.32 Å². The van der Waals surface area contributed by atoms with Gasteiger partial charge in [-0.1, -0.05) is 12.1 Å². The average molecular weight is 237 g/mol. The van der Waals surface area contributed by atoms with E-state index in [-0.39, 0.29) is 24.0 Å². The first-order chi connectivity index (χ1) is 8.08. The summed E-state index contributed by atoms with van der Waals surface area (Å²) in [6, 6.07) is 5.54. The molecule has 0 heterocycles. The van der Waals surface area contributed by atoms with Crippen LogP contribution in [0.15, 0.2) is 18.2 Å². The zero-order chi connectivity index (χ0) is 12.4. The Morgan fingerprint density at radius 1 is 1.41 bits per heavy atom. The highest BCUT2D eigenvalue weighted by molar-refractivity contribution is 5.25. The Morgan fingerprint density at radius 3 is 2.76 bits per heavy atom. The van der Waals surface area contributed by atoms with E-state index in [1.165, 1.54) is 0 Å². The fraction of sp³-hybridized carbons (Fsp3) is 0.571. The first kappa shape index (κ1) is 12.5. The van der Waals surface area contributed by atoms with Crippen LogP contribution in [0.2, 0.25) is 0 Å². The number of rotatable bonds is 3. The van der Waals surface area contributed by atoms with Gasteiger partial charge in [0.05, 0.1) is 6.10 Å². The molecule has 0 bridgehead atoms. The minimum Gasteiger partial charge on any atom is -0.392 e. The van der Waals surface area contributed by atoms with E-state index in [1.807, 2.05) is 13.0 Å². The Hall–Kier alpha value is -0.930. The Morgan fingerprint density at radius 2 is 2.18 bits per heavy atom. The van der Waals surface area contributed by atoms with Crippen LogP contribution < -0.4 is 5.32 Å². The van der Waals surface area contributed by atoms with Gasteiger partial charge in [0.25, 0.3) is 0 Å². The molecule has 2 N–H and O–H groups in total. The van der Waals surface area contributed by atoms with E-state index in [0.717, 1.165) is 24.8 Å². The molecule has 1 saturated carbocycles. The summed E-state index contributed by atoms with van der Waals surface area (Å²) in [6.45, 7) is 3.77. The second-order valence-corrected chi connectivity index (χ2v) is 5.00. The van der Waals surface area contributed by atoms with Crippen molar-refractivity contribution >= 4 is 0 Å². The van der Waals surface area contributed by atoms with Crippen LogP contribution in [0.3, 0.4) is 0 Å². The zero-order valence-corrected chi connectivity index (χ0v) is 10.4. The second-order valence-electron chi connectivity index (χ2n) is 5.00. The molecule has 3 atom stereocenters. The van der Waals surface area contributed by atoms with Crippen LogP contribution in [0.5, 0.6) is 0 Å². The monoisotopic (exact) mass is 237 g/mol. The molecule has 0 aliphatic heterocycles. The van der Waals surface area contributed by atoms with E-state index in [0.29, 0.717) is 5.56 Å². The van der Waals surface area contributed by atoms with E-state index in [1.54, 1.807) is 19.1 Å². The summed E-state index contributed by atoms with van der Waals surface area (Å²) in [4.78, 5) is 0. The van der Waals surface area contributed by atoms with Gasteiger partial charge >= 0.3 is 0 Å². The predicted molar refractivity (Wildman–Crippen MR) is 66.3 cm³/mol. The Bertz CT molecular complexity index is 394. The molecule has 0 radical (unpaired) electrons. The van der Waals surface area contributed by atoms with E-state index < -0.39 is 0 Å². The first-order valence-corrected chi connectivity index (χ1v) is 6.28. The Balaban J connectivity index is 2.03. The van der Waals surface area contributed by atoms with Gasteiger partial charge in [0.15, 0.2) is 0 Å². The lowest BCUT2D eigenvalue weighted by atomic mass is 10.0. The minimum absolute atomic E-state index is 0.0721. The maximum absolute atomic E-state index is 13.5.